The van der Waals surface area contributed by atoms with Gasteiger partial charge in [0.25, 0.3) is 8.32 Å². The third-order valence-corrected chi connectivity index (χ3v) is 18.1. The second-order valence-electron chi connectivity index (χ2n) is 18.7. The zero-order valence-corrected chi connectivity index (χ0v) is 41.6. The quantitative estimate of drug-likeness (QED) is 0.0564. The van der Waals surface area contributed by atoms with Crippen LogP contribution in [0, 0.1) is 0 Å². The monoisotopic (exact) mass is 972 g/mol. The number of benzene rings is 8. The SMILES string of the molecule is CO[C@@H]1O[C@H](CO[Si](c2ccccc2)(c2ccccc2)C(C)(C)C)[C@H](OC(=O)c2ccc(-c3ccccc3)cc2)[C@H](OC(=O)c2ccc(-c3ccccc3)cc2)[C@H]1OC(=O)c1ccc(-c2ccccc2)cc1. The molecule has 0 spiro atoms. The van der Waals surface area contributed by atoms with E-state index in [1.807, 2.05) is 164 Å². The third kappa shape index (κ3) is 10.8. The lowest BCUT2D eigenvalue weighted by Crippen LogP contribution is -2.69. The maximum atomic E-state index is 14.6. The van der Waals surface area contributed by atoms with Crippen molar-refractivity contribution in [1.82, 2.24) is 0 Å². The highest BCUT2D eigenvalue weighted by atomic mass is 28.4. The average molecular weight is 973 g/mol. The molecular formula is C62H56O9Si. The molecule has 0 aliphatic carbocycles. The predicted molar refractivity (Wildman–Crippen MR) is 282 cm³/mol. The number of rotatable bonds is 15. The summed E-state index contributed by atoms with van der Waals surface area (Å²) in [5, 5.41) is 1.59. The molecule has 72 heavy (non-hydrogen) atoms. The summed E-state index contributed by atoms with van der Waals surface area (Å²) in [5.74, 6) is -2.20. The summed E-state index contributed by atoms with van der Waals surface area (Å²) in [7, 11) is -1.83. The molecule has 0 saturated carbocycles. The zero-order valence-electron chi connectivity index (χ0n) is 40.6. The second kappa shape index (κ2) is 22.1. The van der Waals surface area contributed by atoms with Crippen molar-refractivity contribution in [2.45, 2.75) is 56.5 Å². The van der Waals surface area contributed by atoms with Gasteiger partial charge in [-0.25, -0.2) is 14.4 Å². The van der Waals surface area contributed by atoms with Crippen molar-refractivity contribution >= 4 is 36.6 Å². The van der Waals surface area contributed by atoms with E-state index in [9.17, 15) is 14.4 Å². The summed E-state index contributed by atoms with van der Waals surface area (Å²) < 4.78 is 39.6. The number of carbonyl (C=O) groups is 3. The number of esters is 3. The molecule has 1 saturated heterocycles. The van der Waals surface area contributed by atoms with Crippen molar-refractivity contribution in [2.24, 2.45) is 0 Å². The van der Waals surface area contributed by atoms with Gasteiger partial charge in [0.05, 0.1) is 23.3 Å². The molecule has 1 aliphatic rings. The first-order valence-electron chi connectivity index (χ1n) is 24.0. The molecule has 8 aromatic carbocycles. The van der Waals surface area contributed by atoms with Gasteiger partial charge in [-0.1, -0.05) is 209 Å². The normalized spacial score (nSPS) is 17.9. The first-order valence-corrected chi connectivity index (χ1v) is 26.0. The zero-order chi connectivity index (χ0) is 50.1. The Labute approximate surface area is 422 Å². The van der Waals surface area contributed by atoms with E-state index in [1.54, 1.807) is 36.4 Å². The van der Waals surface area contributed by atoms with Gasteiger partial charge in [-0.2, -0.15) is 0 Å². The van der Waals surface area contributed by atoms with Crippen molar-refractivity contribution in [3.8, 4) is 33.4 Å². The number of ether oxygens (including phenoxy) is 5. The molecule has 0 N–H and O–H groups in total. The van der Waals surface area contributed by atoms with Crippen LogP contribution in [0.15, 0.2) is 224 Å². The molecule has 10 heteroatoms. The molecule has 0 bridgehead atoms. The molecule has 0 unspecified atom stereocenters. The van der Waals surface area contributed by atoms with Crippen LogP contribution in [-0.4, -0.2) is 70.6 Å². The predicted octanol–water partition coefficient (Wildman–Crippen LogP) is 11.6. The minimum absolute atomic E-state index is 0.139. The maximum Gasteiger partial charge on any atom is 0.338 e. The Balaban J connectivity index is 1.12. The van der Waals surface area contributed by atoms with Crippen LogP contribution in [0.1, 0.15) is 51.8 Å². The van der Waals surface area contributed by atoms with Crippen molar-refractivity contribution in [3.05, 3.63) is 241 Å². The molecule has 1 aliphatic heterocycles. The molecule has 0 amide bonds. The van der Waals surface area contributed by atoms with E-state index in [1.165, 1.54) is 7.11 Å². The Morgan fingerprint density at radius 1 is 0.417 bits per heavy atom. The topological polar surface area (TPSA) is 107 Å². The fourth-order valence-electron chi connectivity index (χ4n) is 9.44. The van der Waals surface area contributed by atoms with Gasteiger partial charge in [0.1, 0.15) is 6.10 Å². The van der Waals surface area contributed by atoms with E-state index in [0.717, 1.165) is 43.8 Å². The standard InChI is InChI=1S/C62H56O9Si/c1-62(2,3)72(52-26-16-8-17-27-52,53-28-18-9-19-29-53)67-42-54-55(69-58(63)49-36-30-46(31-37-49)43-20-10-5-11-21-43)56(70-59(64)50-38-32-47(33-39-50)44-22-12-6-13-23-44)57(61(66-4)68-54)71-60(65)51-40-34-48(35-41-51)45-24-14-7-15-25-45/h5-41,54-57,61H,42H2,1-4H3/t54-,55+,56+,57-,61-/m1/s1. The summed E-state index contributed by atoms with van der Waals surface area (Å²) in [6, 6.07) is 70.7. The van der Waals surface area contributed by atoms with Crippen molar-refractivity contribution < 1.29 is 42.5 Å². The molecule has 1 fully saturated rings. The van der Waals surface area contributed by atoms with E-state index in [0.29, 0.717) is 0 Å². The summed E-state index contributed by atoms with van der Waals surface area (Å²) in [5.41, 5.74) is 6.33. The van der Waals surface area contributed by atoms with Crippen molar-refractivity contribution in [3.63, 3.8) is 0 Å². The number of hydrogen-bond acceptors (Lipinski definition) is 9. The lowest BCUT2D eigenvalue weighted by atomic mass is 9.97. The minimum Gasteiger partial charge on any atom is -0.452 e. The Morgan fingerprint density at radius 3 is 1.06 bits per heavy atom. The van der Waals surface area contributed by atoms with Crippen LogP contribution in [0.4, 0.5) is 0 Å². The lowest BCUT2D eigenvalue weighted by molar-refractivity contribution is -0.291. The summed E-state index contributed by atoms with van der Waals surface area (Å²) in [6.07, 6.45) is -6.75. The second-order valence-corrected chi connectivity index (χ2v) is 23.0. The van der Waals surface area contributed by atoms with Crippen LogP contribution in [0.25, 0.3) is 33.4 Å². The maximum absolute atomic E-state index is 14.6. The van der Waals surface area contributed by atoms with E-state index >= 15 is 0 Å². The summed E-state index contributed by atoms with van der Waals surface area (Å²) in [6.45, 7) is 6.33. The fraction of sp³-hybridized carbons (Fsp3) is 0.177. The van der Waals surface area contributed by atoms with E-state index < -0.39 is 62.0 Å². The molecular weight excluding hydrogens is 917 g/mol. The van der Waals surface area contributed by atoms with Crippen LogP contribution < -0.4 is 10.4 Å². The summed E-state index contributed by atoms with van der Waals surface area (Å²) in [4.78, 5) is 43.6. The molecule has 5 atom stereocenters. The van der Waals surface area contributed by atoms with Gasteiger partial charge in [0, 0.05) is 7.11 Å². The van der Waals surface area contributed by atoms with Crippen LogP contribution in [0.3, 0.4) is 0 Å². The molecule has 1 heterocycles. The van der Waals surface area contributed by atoms with E-state index in [4.69, 9.17) is 28.1 Å². The highest BCUT2D eigenvalue weighted by molar-refractivity contribution is 6.99. The van der Waals surface area contributed by atoms with Gasteiger partial charge in [-0.05, 0) is 85.2 Å². The highest BCUT2D eigenvalue weighted by Gasteiger charge is 2.56. The fourth-order valence-corrected chi connectivity index (χ4v) is 14.0. The van der Waals surface area contributed by atoms with E-state index in [-0.39, 0.29) is 23.3 Å². The van der Waals surface area contributed by atoms with Crippen LogP contribution in [0.5, 0.6) is 0 Å². The molecule has 9 nitrogen and oxygen atoms in total. The Bertz CT molecular complexity index is 3000. The highest BCUT2D eigenvalue weighted by Crippen LogP contribution is 2.39. The van der Waals surface area contributed by atoms with Crippen molar-refractivity contribution in [2.75, 3.05) is 13.7 Å². The Hall–Kier alpha value is -7.73. The van der Waals surface area contributed by atoms with Crippen molar-refractivity contribution in [1.29, 1.82) is 0 Å². The molecule has 9 rings (SSSR count). The third-order valence-electron chi connectivity index (χ3n) is 13.1. The van der Waals surface area contributed by atoms with Gasteiger partial charge in [-0.15, -0.1) is 0 Å². The smallest absolute Gasteiger partial charge is 0.338 e. The van der Waals surface area contributed by atoms with Gasteiger partial charge in [0.15, 0.2) is 24.6 Å². The van der Waals surface area contributed by atoms with Crippen LogP contribution in [-0.2, 0) is 28.1 Å². The Morgan fingerprint density at radius 2 is 0.722 bits per heavy atom. The van der Waals surface area contributed by atoms with Gasteiger partial charge in [0.2, 0.25) is 0 Å². The number of hydrogen-bond donors (Lipinski definition) is 0. The molecule has 0 aromatic heterocycles. The average Bonchev–Trinajstić information content (AvgIpc) is 3.43. The lowest BCUT2D eigenvalue weighted by Gasteiger charge is -2.47. The number of carbonyl (C=O) groups excluding carboxylic acids is 3. The largest absolute Gasteiger partial charge is 0.452 e. The van der Waals surface area contributed by atoms with Gasteiger partial charge >= 0.3 is 17.9 Å². The molecule has 362 valence electrons. The van der Waals surface area contributed by atoms with Crippen LogP contribution in [0.2, 0.25) is 5.04 Å². The molecule has 0 radical (unpaired) electrons. The molecule has 8 aromatic rings. The Kier molecular flexibility index (Phi) is 15.1. The van der Waals surface area contributed by atoms with E-state index in [2.05, 4.69) is 45.0 Å². The van der Waals surface area contributed by atoms with Gasteiger partial charge in [-0.3, -0.25) is 0 Å². The summed E-state index contributed by atoms with van der Waals surface area (Å²) >= 11 is 0. The number of methoxy groups -OCH3 is 1. The first-order chi connectivity index (χ1) is 35.0. The minimum atomic E-state index is -3.25. The first kappa shape index (κ1) is 49.3. The van der Waals surface area contributed by atoms with Gasteiger partial charge < -0.3 is 28.1 Å². The van der Waals surface area contributed by atoms with Crippen LogP contribution >= 0.6 is 0 Å².